The van der Waals surface area contributed by atoms with Crippen molar-refractivity contribution in [2.45, 2.75) is 109 Å². The summed E-state index contributed by atoms with van der Waals surface area (Å²) in [5, 5.41) is 0. The van der Waals surface area contributed by atoms with Crippen LogP contribution in [-0.4, -0.2) is 5.67 Å². The lowest BCUT2D eigenvalue weighted by atomic mass is 9.67. The third-order valence-corrected chi connectivity index (χ3v) is 6.41. The van der Waals surface area contributed by atoms with E-state index in [1.54, 1.807) is 0 Å². The SMILES string of the molecule is CCCCCC1(F)CCC(C2CCC(CCC)CC2)CC1. The van der Waals surface area contributed by atoms with Gasteiger partial charge in [0.15, 0.2) is 0 Å². The summed E-state index contributed by atoms with van der Waals surface area (Å²) >= 11 is 0. The number of alkyl halides is 1. The van der Waals surface area contributed by atoms with E-state index in [2.05, 4.69) is 13.8 Å². The van der Waals surface area contributed by atoms with Crippen LogP contribution in [-0.2, 0) is 0 Å². The van der Waals surface area contributed by atoms with Gasteiger partial charge in [-0.15, -0.1) is 0 Å². The number of rotatable bonds is 7. The molecule has 0 saturated heterocycles. The maximum atomic E-state index is 14.8. The minimum atomic E-state index is -0.801. The highest BCUT2D eigenvalue weighted by atomic mass is 19.1. The Balaban J connectivity index is 1.69. The largest absolute Gasteiger partial charge is 0.244 e. The van der Waals surface area contributed by atoms with Crippen LogP contribution in [0.3, 0.4) is 0 Å². The van der Waals surface area contributed by atoms with Crippen LogP contribution >= 0.6 is 0 Å². The van der Waals surface area contributed by atoms with Crippen LogP contribution in [0.25, 0.3) is 0 Å². The molecule has 0 aromatic heterocycles. The first-order chi connectivity index (χ1) is 10.2. The fourth-order valence-corrected chi connectivity index (χ4v) is 4.93. The van der Waals surface area contributed by atoms with Gasteiger partial charge in [-0.3, -0.25) is 0 Å². The molecular weight excluding hydrogens is 259 g/mol. The first-order valence-corrected chi connectivity index (χ1v) is 9.85. The van der Waals surface area contributed by atoms with Gasteiger partial charge >= 0.3 is 0 Å². The van der Waals surface area contributed by atoms with E-state index in [1.807, 2.05) is 0 Å². The summed E-state index contributed by atoms with van der Waals surface area (Å²) in [4.78, 5) is 0. The van der Waals surface area contributed by atoms with Gasteiger partial charge in [0.25, 0.3) is 0 Å². The first kappa shape index (κ1) is 17.3. The number of halogens is 1. The molecule has 0 radical (unpaired) electrons. The average molecular weight is 297 g/mol. The van der Waals surface area contributed by atoms with Gasteiger partial charge in [-0.2, -0.15) is 0 Å². The van der Waals surface area contributed by atoms with Crippen molar-refractivity contribution in [2.75, 3.05) is 0 Å². The van der Waals surface area contributed by atoms with Crippen LogP contribution in [0, 0.1) is 17.8 Å². The molecule has 0 heterocycles. The molecule has 21 heavy (non-hydrogen) atoms. The standard InChI is InChI=1S/C20H37F/c1-3-5-6-14-20(21)15-12-19(13-16-20)18-10-8-17(7-4-2)9-11-18/h17-19H,3-16H2,1-2H3. The van der Waals surface area contributed by atoms with Crippen LogP contribution in [0.2, 0.25) is 0 Å². The van der Waals surface area contributed by atoms with Crippen LogP contribution in [0.5, 0.6) is 0 Å². The number of hydrogen-bond donors (Lipinski definition) is 0. The van der Waals surface area contributed by atoms with E-state index < -0.39 is 5.67 Å². The topological polar surface area (TPSA) is 0 Å². The van der Waals surface area contributed by atoms with Gasteiger partial charge in [0.1, 0.15) is 5.67 Å². The van der Waals surface area contributed by atoms with Gasteiger partial charge in [0, 0.05) is 0 Å². The van der Waals surface area contributed by atoms with E-state index >= 15 is 0 Å². The maximum absolute atomic E-state index is 14.8. The molecule has 0 amide bonds. The molecule has 0 aromatic carbocycles. The normalized spacial score (nSPS) is 37.6. The Bertz CT molecular complexity index is 270. The Kier molecular flexibility index (Phi) is 7.02. The lowest BCUT2D eigenvalue weighted by Crippen LogP contribution is -2.33. The van der Waals surface area contributed by atoms with Crippen molar-refractivity contribution in [2.24, 2.45) is 17.8 Å². The zero-order valence-electron chi connectivity index (χ0n) is 14.5. The predicted octanol–water partition coefficient (Wildman–Crippen LogP) is 7.07. The molecule has 0 N–H and O–H groups in total. The fraction of sp³-hybridized carbons (Fsp3) is 1.00. The molecule has 2 aliphatic carbocycles. The monoisotopic (exact) mass is 296 g/mol. The van der Waals surface area contributed by atoms with Gasteiger partial charge in [-0.25, -0.2) is 4.39 Å². The van der Waals surface area contributed by atoms with Crippen LogP contribution in [0.15, 0.2) is 0 Å². The second-order valence-corrected chi connectivity index (χ2v) is 8.01. The summed E-state index contributed by atoms with van der Waals surface area (Å²) in [7, 11) is 0. The van der Waals surface area contributed by atoms with Crippen molar-refractivity contribution >= 4 is 0 Å². The Hall–Kier alpha value is -0.0700. The zero-order chi connectivity index (χ0) is 15.1. The van der Waals surface area contributed by atoms with Gasteiger partial charge < -0.3 is 0 Å². The Morgan fingerprint density at radius 2 is 1.43 bits per heavy atom. The summed E-state index contributed by atoms with van der Waals surface area (Å²) in [6, 6.07) is 0. The minimum Gasteiger partial charge on any atom is -0.244 e. The summed E-state index contributed by atoms with van der Waals surface area (Å²) in [6.07, 6.45) is 17.0. The second-order valence-electron chi connectivity index (χ2n) is 8.01. The highest BCUT2D eigenvalue weighted by Gasteiger charge is 2.37. The first-order valence-electron chi connectivity index (χ1n) is 9.85. The van der Waals surface area contributed by atoms with Crippen molar-refractivity contribution in [3.05, 3.63) is 0 Å². The summed E-state index contributed by atoms with van der Waals surface area (Å²) < 4.78 is 14.8. The highest BCUT2D eigenvalue weighted by Crippen LogP contribution is 2.45. The van der Waals surface area contributed by atoms with Crippen LogP contribution < -0.4 is 0 Å². The molecule has 0 unspecified atom stereocenters. The molecular formula is C20H37F. The average Bonchev–Trinajstić information content (AvgIpc) is 2.50. The molecule has 2 rings (SSSR count). The van der Waals surface area contributed by atoms with Crippen molar-refractivity contribution in [1.82, 2.24) is 0 Å². The van der Waals surface area contributed by atoms with Crippen LogP contribution in [0.1, 0.15) is 104 Å². The molecule has 2 aliphatic rings. The number of unbranched alkanes of at least 4 members (excludes halogenated alkanes) is 2. The van der Waals surface area contributed by atoms with E-state index in [-0.39, 0.29) is 0 Å². The van der Waals surface area contributed by atoms with Gasteiger partial charge in [-0.05, 0) is 62.7 Å². The minimum absolute atomic E-state index is 0.801. The smallest absolute Gasteiger partial charge is 0.111 e. The van der Waals surface area contributed by atoms with Gasteiger partial charge in [0.05, 0.1) is 0 Å². The molecule has 0 spiro atoms. The third-order valence-electron chi connectivity index (χ3n) is 6.41. The molecule has 0 bridgehead atoms. The summed E-state index contributed by atoms with van der Waals surface area (Å²) in [5.41, 5.74) is -0.801. The van der Waals surface area contributed by atoms with E-state index in [4.69, 9.17) is 0 Å². The Labute approximate surface area is 132 Å². The van der Waals surface area contributed by atoms with E-state index in [1.165, 1.54) is 64.2 Å². The summed E-state index contributed by atoms with van der Waals surface area (Å²) in [6.45, 7) is 4.52. The van der Waals surface area contributed by atoms with Crippen molar-refractivity contribution in [3.63, 3.8) is 0 Å². The maximum Gasteiger partial charge on any atom is 0.111 e. The molecule has 0 aliphatic heterocycles. The van der Waals surface area contributed by atoms with E-state index in [0.29, 0.717) is 0 Å². The van der Waals surface area contributed by atoms with Crippen molar-refractivity contribution in [1.29, 1.82) is 0 Å². The fourth-order valence-electron chi connectivity index (χ4n) is 4.93. The highest BCUT2D eigenvalue weighted by molar-refractivity contribution is 4.89. The molecule has 0 nitrogen and oxygen atoms in total. The molecule has 0 atom stereocenters. The predicted molar refractivity (Wildman–Crippen MR) is 90.3 cm³/mol. The lowest BCUT2D eigenvalue weighted by molar-refractivity contribution is 0.0456. The molecule has 2 saturated carbocycles. The lowest BCUT2D eigenvalue weighted by Gasteiger charge is -2.40. The van der Waals surface area contributed by atoms with E-state index in [0.717, 1.165) is 43.4 Å². The van der Waals surface area contributed by atoms with Crippen molar-refractivity contribution in [3.8, 4) is 0 Å². The Morgan fingerprint density at radius 1 is 0.810 bits per heavy atom. The van der Waals surface area contributed by atoms with Crippen LogP contribution in [0.4, 0.5) is 4.39 Å². The number of hydrogen-bond acceptors (Lipinski definition) is 0. The third kappa shape index (κ3) is 5.25. The molecule has 2 fully saturated rings. The van der Waals surface area contributed by atoms with E-state index in [9.17, 15) is 4.39 Å². The Morgan fingerprint density at radius 3 is 2.00 bits per heavy atom. The molecule has 0 aromatic rings. The second kappa shape index (κ2) is 8.53. The zero-order valence-corrected chi connectivity index (χ0v) is 14.5. The molecule has 1 heteroatoms. The quantitative estimate of drug-likeness (QED) is 0.441. The summed E-state index contributed by atoms with van der Waals surface area (Å²) in [5.74, 6) is 2.78. The van der Waals surface area contributed by atoms with Gasteiger partial charge in [-0.1, -0.05) is 58.8 Å². The van der Waals surface area contributed by atoms with Gasteiger partial charge in [0.2, 0.25) is 0 Å². The molecule has 124 valence electrons. The van der Waals surface area contributed by atoms with Crippen molar-refractivity contribution < 1.29 is 4.39 Å².